The predicted molar refractivity (Wildman–Crippen MR) is 81.1 cm³/mol. The molecule has 94 valence electrons. The number of halogens is 2. The third kappa shape index (κ3) is 3.57. The maximum absolute atomic E-state index is 5.78. The van der Waals surface area contributed by atoms with Gasteiger partial charge >= 0.3 is 0 Å². The van der Waals surface area contributed by atoms with E-state index in [4.69, 9.17) is 4.74 Å². The number of hydrogen-bond donors (Lipinski definition) is 1. The molecule has 0 heterocycles. The Morgan fingerprint density at radius 2 is 1.67 bits per heavy atom. The lowest BCUT2D eigenvalue weighted by Crippen LogP contribution is -2.05. The maximum atomic E-state index is 5.78. The molecule has 0 aliphatic rings. The van der Waals surface area contributed by atoms with E-state index in [1.807, 2.05) is 43.4 Å². The highest BCUT2D eigenvalue weighted by atomic mass is 79.9. The standard InChI is InChI=1S/C14H13Br2NO/c1-17-9-10-2-5-13(8-14(10)16)18-12-6-3-11(15)4-7-12/h2-8,17H,9H2,1H3. The van der Waals surface area contributed by atoms with Crippen LogP contribution in [0.4, 0.5) is 0 Å². The molecule has 0 aliphatic carbocycles. The van der Waals surface area contributed by atoms with Crippen molar-refractivity contribution >= 4 is 31.9 Å². The van der Waals surface area contributed by atoms with E-state index in [9.17, 15) is 0 Å². The second-order valence-corrected chi connectivity index (χ2v) is 5.61. The average molecular weight is 371 g/mol. The highest BCUT2D eigenvalue weighted by Gasteiger charge is 2.02. The molecule has 0 fully saturated rings. The van der Waals surface area contributed by atoms with Crippen LogP contribution in [0.3, 0.4) is 0 Å². The van der Waals surface area contributed by atoms with Crippen LogP contribution >= 0.6 is 31.9 Å². The molecule has 0 saturated carbocycles. The molecule has 2 aromatic rings. The fraction of sp³-hybridized carbons (Fsp3) is 0.143. The zero-order chi connectivity index (χ0) is 13.0. The molecule has 0 aromatic heterocycles. The van der Waals surface area contributed by atoms with E-state index in [0.717, 1.165) is 27.0 Å². The van der Waals surface area contributed by atoms with Gasteiger partial charge in [0.1, 0.15) is 11.5 Å². The molecule has 0 unspecified atom stereocenters. The van der Waals surface area contributed by atoms with Crippen molar-refractivity contribution in [3.63, 3.8) is 0 Å². The summed E-state index contributed by atoms with van der Waals surface area (Å²) >= 11 is 6.94. The number of rotatable bonds is 4. The van der Waals surface area contributed by atoms with Crippen molar-refractivity contribution in [1.82, 2.24) is 5.32 Å². The molecule has 0 aliphatic heterocycles. The molecule has 0 spiro atoms. The molecular formula is C14H13Br2NO. The highest BCUT2D eigenvalue weighted by Crippen LogP contribution is 2.27. The number of ether oxygens (including phenoxy) is 1. The zero-order valence-electron chi connectivity index (χ0n) is 9.91. The second-order valence-electron chi connectivity index (χ2n) is 3.84. The number of nitrogens with one attached hydrogen (secondary N) is 1. The summed E-state index contributed by atoms with van der Waals surface area (Å²) in [4.78, 5) is 0. The van der Waals surface area contributed by atoms with Crippen LogP contribution < -0.4 is 10.1 Å². The third-order valence-corrected chi connectivity index (χ3v) is 3.71. The monoisotopic (exact) mass is 369 g/mol. The lowest BCUT2D eigenvalue weighted by molar-refractivity contribution is 0.482. The molecule has 2 nitrogen and oxygen atoms in total. The molecule has 18 heavy (non-hydrogen) atoms. The van der Waals surface area contributed by atoms with Gasteiger partial charge in [0.15, 0.2) is 0 Å². The van der Waals surface area contributed by atoms with Crippen molar-refractivity contribution in [3.8, 4) is 11.5 Å². The summed E-state index contributed by atoms with van der Waals surface area (Å²) in [7, 11) is 1.93. The summed E-state index contributed by atoms with van der Waals surface area (Å²) in [5.41, 5.74) is 1.21. The van der Waals surface area contributed by atoms with E-state index in [1.165, 1.54) is 5.56 Å². The Morgan fingerprint density at radius 3 is 2.28 bits per heavy atom. The van der Waals surface area contributed by atoms with Crippen LogP contribution in [0.5, 0.6) is 11.5 Å². The SMILES string of the molecule is CNCc1ccc(Oc2ccc(Br)cc2)cc1Br. The Morgan fingerprint density at radius 1 is 1.00 bits per heavy atom. The first-order chi connectivity index (χ1) is 8.69. The van der Waals surface area contributed by atoms with Gasteiger partial charge in [0, 0.05) is 15.5 Å². The predicted octanol–water partition coefficient (Wildman–Crippen LogP) is 4.72. The third-order valence-electron chi connectivity index (χ3n) is 2.44. The van der Waals surface area contributed by atoms with Crippen molar-refractivity contribution in [2.24, 2.45) is 0 Å². The van der Waals surface area contributed by atoms with Crippen molar-refractivity contribution in [2.75, 3.05) is 7.05 Å². The van der Waals surface area contributed by atoms with Gasteiger partial charge in [-0.2, -0.15) is 0 Å². The molecular weight excluding hydrogens is 358 g/mol. The topological polar surface area (TPSA) is 21.3 Å². The quantitative estimate of drug-likeness (QED) is 0.840. The van der Waals surface area contributed by atoms with Gasteiger partial charge in [-0.1, -0.05) is 37.9 Å². The minimum Gasteiger partial charge on any atom is -0.457 e. The van der Waals surface area contributed by atoms with Gasteiger partial charge in [-0.05, 0) is 49.0 Å². The Kier molecular flexibility index (Phi) is 4.80. The van der Waals surface area contributed by atoms with E-state index < -0.39 is 0 Å². The van der Waals surface area contributed by atoms with Gasteiger partial charge in [-0.15, -0.1) is 0 Å². The molecule has 2 aromatic carbocycles. The fourth-order valence-electron chi connectivity index (χ4n) is 1.56. The summed E-state index contributed by atoms with van der Waals surface area (Å²) in [6, 6.07) is 13.8. The Hall–Kier alpha value is -0.840. The van der Waals surface area contributed by atoms with Crippen LogP contribution in [0.25, 0.3) is 0 Å². The molecule has 0 amide bonds. The van der Waals surface area contributed by atoms with E-state index >= 15 is 0 Å². The first kappa shape index (κ1) is 13.6. The molecule has 0 bridgehead atoms. The minimum atomic E-state index is 0.823. The smallest absolute Gasteiger partial charge is 0.128 e. The van der Waals surface area contributed by atoms with Gasteiger partial charge in [-0.3, -0.25) is 0 Å². The van der Waals surface area contributed by atoms with Crippen molar-refractivity contribution in [1.29, 1.82) is 0 Å². The molecule has 2 rings (SSSR count). The van der Waals surface area contributed by atoms with Gasteiger partial charge < -0.3 is 10.1 Å². The molecule has 1 N–H and O–H groups in total. The Labute approximate surface area is 124 Å². The van der Waals surface area contributed by atoms with E-state index in [1.54, 1.807) is 0 Å². The summed E-state index contributed by atoms with van der Waals surface area (Å²) < 4.78 is 7.87. The largest absolute Gasteiger partial charge is 0.457 e. The van der Waals surface area contributed by atoms with E-state index in [2.05, 4.69) is 43.2 Å². The van der Waals surface area contributed by atoms with Gasteiger partial charge in [0.05, 0.1) is 0 Å². The van der Waals surface area contributed by atoms with Crippen molar-refractivity contribution < 1.29 is 4.74 Å². The van der Waals surface area contributed by atoms with E-state index in [-0.39, 0.29) is 0 Å². The molecule has 0 atom stereocenters. The zero-order valence-corrected chi connectivity index (χ0v) is 13.1. The number of benzene rings is 2. The van der Waals surface area contributed by atoms with Crippen LogP contribution in [-0.2, 0) is 6.54 Å². The first-order valence-corrected chi connectivity index (χ1v) is 7.14. The second kappa shape index (κ2) is 6.36. The van der Waals surface area contributed by atoms with Crippen LogP contribution in [0.1, 0.15) is 5.56 Å². The van der Waals surface area contributed by atoms with Crippen LogP contribution in [-0.4, -0.2) is 7.05 Å². The number of hydrogen-bond acceptors (Lipinski definition) is 2. The Balaban J connectivity index is 2.14. The normalized spacial score (nSPS) is 10.4. The van der Waals surface area contributed by atoms with Gasteiger partial charge in [-0.25, -0.2) is 0 Å². The summed E-state index contributed by atoms with van der Waals surface area (Å²) in [6.45, 7) is 0.832. The maximum Gasteiger partial charge on any atom is 0.128 e. The average Bonchev–Trinajstić information content (AvgIpc) is 2.36. The Bertz CT molecular complexity index is 526. The summed E-state index contributed by atoms with van der Waals surface area (Å²) in [6.07, 6.45) is 0. The van der Waals surface area contributed by atoms with Crippen molar-refractivity contribution in [3.05, 3.63) is 57.0 Å². The summed E-state index contributed by atoms with van der Waals surface area (Å²) in [5, 5.41) is 3.12. The molecule has 0 radical (unpaired) electrons. The van der Waals surface area contributed by atoms with Gasteiger partial charge in [0.25, 0.3) is 0 Å². The molecule has 0 saturated heterocycles. The summed E-state index contributed by atoms with van der Waals surface area (Å²) in [5.74, 6) is 1.65. The fourth-order valence-corrected chi connectivity index (χ4v) is 2.33. The lowest BCUT2D eigenvalue weighted by atomic mass is 10.2. The van der Waals surface area contributed by atoms with E-state index in [0.29, 0.717) is 0 Å². The van der Waals surface area contributed by atoms with Gasteiger partial charge in [0.2, 0.25) is 0 Å². The molecule has 4 heteroatoms. The van der Waals surface area contributed by atoms with Crippen molar-refractivity contribution in [2.45, 2.75) is 6.54 Å². The van der Waals surface area contributed by atoms with Crippen LogP contribution in [0.15, 0.2) is 51.4 Å². The minimum absolute atomic E-state index is 0.823. The van der Waals surface area contributed by atoms with Crippen LogP contribution in [0, 0.1) is 0 Å². The highest BCUT2D eigenvalue weighted by molar-refractivity contribution is 9.10. The lowest BCUT2D eigenvalue weighted by Gasteiger charge is -2.09. The van der Waals surface area contributed by atoms with Crippen LogP contribution in [0.2, 0.25) is 0 Å². The first-order valence-electron chi connectivity index (χ1n) is 5.55.